The fraction of sp³-hybridized carbons (Fsp3) is 0.235. The zero-order chi connectivity index (χ0) is 15.9. The summed E-state index contributed by atoms with van der Waals surface area (Å²) in [5.74, 6) is 1.17. The van der Waals surface area contributed by atoms with Crippen LogP contribution in [-0.4, -0.2) is 19.1 Å². The number of anilines is 1. The summed E-state index contributed by atoms with van der Waals surface area (Å²) in [7, 11) is 1.60. The van der Waals surface area contributed by atoms with E-state index in [0.717, 1.165) is 5.75 Å². The van der Waals surface area contributed by atoms with Crippen molar-refractivity contribution in [2.24, 2.45) is 0 Å². The SMILES string of the molecule is CC[C@H](Oc1ccc(OC)cc1)C(=O)Nc1ccc(Cl)cc1. The lowest BCUT2D eigenvalue weighted by molar-refractivity contribution is -0.122. The summed E-state index contributed by atoms with van der Waals surface area (Å²) in [6.45, 7) is 1.90. The highest BCUT2D eigenvalue weighted by Crippen LogP contribution is 2.20. The molecule has 0 aromatic heterocycles. The van der Waals surface area contributed by atoms with Crippen molar-refractivity contribution in [3.8, 4) is 11.5 Å². The van der Waals surface area contributed by atoms with E-state index in [1.807, 2.05) is 6.92 Å². The molecular weight excluding hydrogens is 302 g/mol. The second kappa shape index (κ2) is 7.71. The van der Waals surface area contributed by atoms with E-state index in [2.05, 4.69) is 5.32 Å². The van der Waals surface area contributed by atoms with Gasteiger partial charge < -0.3 is 14.8 Å². The van der Waals surface area contributed by atoms with Gasteiger partial charge in [0, 0.05) is 10.7 Å². The highest BCUT2D eigenvalue weighted by atomic mass is 35.5. The van der Waals surface area contributed by atoms with E-state index in [-0.39, 0.29) is 5.91 Å². The Morgan fingerprint density at radius 3 is 2.23 bits per heavy atom. The van der Waals surface area contributed by atoms with Crippen molar-refractivity contribution in [2.75, 3.05) is 12.4 Å². The molecule has 0 saturated carbocycles. The quantitative estimate of drug-likeness (QED) is 0.870. The molecule has 1 amide bonds. The third kappa shape index (κ3) is 4.40. The van der Waals surface area contributed by atoms with Gasteiger partial charge in [0.2, 0.25) is 0 Å². The number of halogens is 1. The maximum Gasteiger partial charge on any atom is 0.265 e. The maximum absolute atomic E-state index is 12.3. The summed E-state index contributed by atoms with van der Waals surface area (Å²) >= 11 is 5.82. The van der Waals surface area contributed by atoms with Crippen LogP contribution in [0.3, 0.4) is 0 Å². The minimum Gasteiger partial charge on any atom is -0.497 e. The highest BCUT2D eigenvalue weighted by molar-refractivity contribution is 6.30. The summed E-state index contributed by atoms with van der Waals surface area (Å²) < 4.78 is 10.8. The number of ether oxygens (including phenoxy) is 2. The minimum atomic E-state index is -0.566. The predicted molar refractivity (Wildman–Crippen MR) is 87.8 cm³/mol. The van der Waals surface area contributed by atoms with Gasteiger partial charge in [-0.2, -0.15) is 0 Å². The van der Waals surface area contributed by atoms with Gasteiger partial charge in [0.15, 0.2) is 6.10 Å². The van der Waals surface area contributed by atoms with Crippen LogP contribution in [0.5, 0.6) is 11.5 Å². The first-order chi connectivity index (χ1) is 10.6. The van der Waals surface area contributed by atoms with Gasteiger partial charge in [0.1, 0.15) is 11.5 Å². The van der Waals surface area contributed by atoms with E-state index in [1.54, 1.807) is 55.6 Å². The van der Waals surface area contributed by atoms with Crippen molar-refractivity contribution in [1.29, 1.82) is 0 Å². The summed E-state index contributed by atoms with van der Waals surface area (Å²) in [5, 5.41) is 3.44. The predicted octanol–water partition coefficient (Wildman–Crippen LogP) is 4.14. The zero-order valence-electron chi connectivity index (χ0n) is 12.5. The lowest BCUT2D eigenvalue weighted by atomic mass is 10.2. The molecule has 0 unspecified atom stereocenters. The molecule has 0 bridgehead atoms. The number of benzene rings is 2. The van der Waals surface area contributed by atoms with Crippen molar-refractivity contribution in [2.45, 2.75) is 19.4 Å². The molecule has 0 saturated heterocycles. The van der Waals surface area contributed by atoms with Crippen molar-refractivity contribution < 1.29 is 14.3 Å². The van der Waals surface area contributed by atoms with Gasteiger partial charge in [0.05, 0.1) is 7.11 Å². The Morgan fingerprint density at radius 1 is 1.09 bits per heavy atom. The van der Waals surface area contributed by atoms with Gasteiger partial charge in [-0.3, -0.25) is 4.79 Å². The van der Waals surface area contributed by atoms with Gasteiger partial charge in [-0.1, -0.05) is 18.5 Å². The van der Waals surface area contributed by atoms with Crippen LogP contribution in [0.1, 0.15) is 13.3 Å². The Bertz CT molecular complexity index is 611. The fourth-order valence-electron chi connectivity index (χ4n) is 1.90. The van der Waals surface area contributed by atoms with Crippen LogP contribution in [0.15, 0.2) is 48.5 Å². The normalized spacial score (nSPS) is 11.6. The topological polar surface area (TPSA) is 47.6 Å². The van der Waals surface area contributed by atoms with Gasteiger partial charge in [-0.05, 0) is 55.0 Å². The Kier molecular flexibility index (Phi) is 5.67. The summed E-state index contributed by atoms with van der Waals surface area (Å²) in [5.41, 5.74) is 0.686. The lowest BCUT2D eigenvalue weighted by Gasteiger charge is -2.17. The Balaban J connectivity index is 2.00. The molecule has 2 aromatic rings. The van der Waals surface area contributed by atoms with Crippen molar-refractivity contribution in [1.82, 2.24) is 0 Å². The van der Waals surface area contributed by atoms with Crippen LogP contribution in [-0.2, 0) is 4.79 Å². The molecule has 2 rings (SSSR count). The summed E-state index contributed by atoms with van der Waals surface area (Å²) in [6.07, 6.45) is -0.00471. The average Bonchev–Trinajstić information content (AvgIpc) is 2.55. The Hall–Kier alpha value is -2.20. The molecule has 0 aliphatic heterocycles. The number of amides is 1. The third-order valence-corrected chi connectivity index (χ3v) is 3.36. The molecule has 0 heterocycles. The van der Waals surface area contributed by atoms with E-state index >= 15 is 0 Å². The number of hydrogen-bond acceptors (Lipinski definition) is 3. The van der Waals surface area contributed by atoms with Crippen LogP contribution in [0.4, 0.5) is 5.69 Å². The molecule has 0 aliphatic rings. The standard InChI is InChI=1S/C17H18ClNO3/c1-3-16(22-15-10-8-14(21-2)9-11-15)17(20)19-13-6-4-12(18)5-7-13/h4-11,16H,3H2,1-2H3,(H,19,20)/t16-/m0/s1. The van der Waals surface area contributed by atoms with Crippen LogP contribution in [0.2, 0.25) is 5.02 Å². The molecule has 22 heavy (non-hydrogen) atoms. The Labute approximate surface area is 135 Å². The number of carbonyl (C=O) groups excluding carboxylic acids is 1. The van der Waals surface area contributed by atoms with Gasteiger partial charge in [0.25, 0.3) is 5.91 Å². The van der Waals surface area contributed by atoms with E-state index in [0.29, 0.717) is 22.9 Å². The molecule has 0 aliphatic carbocycles. The second-order valence-corrected chi connectivity index (χ2v) is 5.12. The highest BCUT2D eigenvalue weighted by Gasteiger charge is 2.18. The van der Waals surface area contributed by atoms with Crippen LogP contribution >= 0.6 is 11.6 Å². The monoisotopic (exact) mass is 319 g/mol. The van der Waals surface area contributed by atoms with E-state index < -0.39 is 6.10 Å². The van der Waals surface area contributed by atoms with Crippen LogP contribution in [0, 0.1) is 0 Å². The van der Waals surface area contributed by atoms with Crippen LogP contribution in [0.25, 0.3) is 0 Å². The number of hydrogen-bond donors (Lipinski definition) is 1. The molecule has 1 atom stereocenters. The van der Waals surface area contributed by atoms with Crippen molar-refractivity contribution in [3.63, 3.8) is 0 Å². The first kappa shape index (κ1) is 16.2. The molecule has 5 heteroatoms. The van der Waals surface area contributed by atoms with Crippen molar-refractivity contribution in [3.05, 3.63) is 53.6 Å². The Morgan fingerprint density at radius 2 is 1.68 bits per heavy atom. The van der Waals surface area contributed by atoms with E-state index in [1.165, 1.54) is 0 Å². The first-order valence-corrected chi connectivity index (χ1v) is 7.37. The lowest BCUT2D eigenvalue weighted by Crippen LogP contribution is -2.32. The first-order valence-electron chi connectivity index (χ1n) is 6.99. The molecular formula is C17H18ClNO3. The molecule has 116 valence electrons. The summed E-state index contributed by atoms with van der Waals surface area (Å²) in [6, 6.07) is 14.1. The smallest absolute Gasteiger partial charge is 0.265 e. The van der Waals surface area contributed by atoms with Gasteiger partial charge in [-0.15, -0.1) is 0 Å². The molecule has 0 spiro atoms. The van der Waals surface area contributed by atoms with E-state index in [9.17, 15) is 4.79 Å². The molecule has 4 nitrogen and oxygen atoms in total. The largest absolute Gasteiger partial charge is 0.497 e. The number of rotatable bonds is 6. The molecule has 0 radical (unpaired) electrons. The maximum atomic E-state index is 12.3. The fourth-order valence-corrected chi connectivity index (χ4v) is 2.02. The van der Waals surface area contributed by atoms with Gasteiger partial charge in [-0.25, -0.2) is 0 Å². The van der Waals surface area contributed by atoms with Gasteiger partial charge >= 0.3 is 0 Å². The third-order valence-electron chi connectivity index (χ3n) is 3.11. The van der Waals surface area contributed by atoms with E-state index in [4.69, 9.17) is 21.1 Å². The van der Waals surface area contributed by atoms with Crippen molar-refractivity contribution >= 4 is 23.2 Å². The zero-order valence-corrected chi connectivity index (χ0v) is 13.3. The molecule has 1 N–H and O–H groups in total. The van der Waals surface area contributed by atoms with Crippen LogP contribution < -0.4 is 14.8 Å². The number of methoxy groups -OCH3 is 1. The molecule has 2 aromatic carbocycles. The second-order valence-electron chi connectivity index (χ2n) is 4.69. The number of carbonyl (C=O) groups is 1. The summed E-state index contributed by atoms with van der Waals surface area (Å²) in [4.78, 5) is 12.3. The number of nitrogens with one attached hydrogen (secondary N) is 1. The average molecular weight is 320 g/mol. The minimum absolute atomic E-state index is 0.194. The molecule has 0 fully saturated rings.